The molecule has 1 heterocycles. The molecule has 0 saturated carbocycles. The zero-order valence-corrected chi connectivity index (χ0v) is 13.2. The van der Waals surface area contributed by atoms with Crippen LogP contribution in [0, 0.1) is 5.41 Å². The van der Waals surface area contributed by atoms with E-state index in [1.165, 1.54) is 0 Å². The van der Waals surface area contributed by atoms with Gasteiger partial charge in [0.15, 0.2) is 0 Å². The number of carbonyl (C=O) groups is 1. The first-order chi connectivity index (χ1) is 9.73. The number of rotatable bonds is 4. The van der Waals surface area contributed by atoms with Gasteiger partial charge in [0.05, 0.1) is 22.5 Å². The summed E-state index contributed by atoms with van der Waals surface area (Å²) in [5.74, 6) is 0.403. The molecule has 2 N–H and O–H groups in total. The molecule has 0 aromatic heterocycles. The fourth-order valence-electron chi connectivity index (χ4n) is 1.92. The van der Waals surface area contributed by atoms with Crippen molar-refractivity contribution in [3.63, 3.8) is 0 Å². The van der Waals surface area contributed by atoms with E-state index in [2.05, 4.69) is 10.0 Å². The van der Waals surface area contributed by atoms with Crippen LogP contribution in [0.2, 0.25) is 0 Å². The minimum Gasteiger partial charge on any atom is -0.490 e. The molecule has 6 nitrogen and oxygen atoms in total. The van der Waals surface area contributed by atoms with Crippen molar-refractivity contribution in [3.05, 3.63) is 18.2 Å². The minimum atomic E-state index is -3.35. The van der Waals surface area contributed by atoms with Crippen LogP contribution in [-0.4, -0.2) is 26.7 Å². The third-order valence-corrected chi connectivity index (χ3v) is 4.67. The smallest absolute Gasteiger partial charge is 0.233 e. The Morgan fingerprint density at radius 2 is 2.10 bits per heavy atom. The Kier molecular flexibility index (Phi) is 4.13. The molecule has 0 saturated heterocycles. The quantitative estimate of drug-likeness (QED) is 0.892. The lowest BCUT2D eigenvalue weighted by Gasteiger charge is -2.18. The largest absolute Gasteiger partial charge is 0.490 e. The van der Waals surface area contributed by atoms with E-state index >= 15 is 0 Å². The number of carbonyl (C=O) groups excluding carboxylic acids is 1. The van der Waals surface area contributed by atoms with Crippen LogP contribution in [0.25, 0.3) is 0 Å². The maximum Gasteiger partial charge on any atom is 0.233 e. The molecule has 7 heteroatoms. The van der Waals surface area contributed by atoms with Gasteiger partial charge in [-0.2, -0.15) is 0 Å². The molecule has 0 atom stereocenters. The second-order valence-electron chi connectivity index (χ2n) is 5.76. The van der Waals surface area contributed by atoms with Crippen LogP contribution < -0.4 is 14.8 Å². The van der Waals surface area contributed by atoms with E-state index < -0.39 is 15.4 Å². The Bertz CT molecular complexity index is 653. The number of sulfonamides is 1. The molecule has 1 aliphatic heterocycles. The van der Waals surface area contributed by atoms with Crippen LogP contribution in [-0.2, 0) is 14.8 Å². The summed E-state index contributed by atoms with van der Waals surface area (Å²) in [4.78, 5) is 12.0. The van der Waals surface area contributed by atoms with Gasteiger partial charge in [0.1, 0.15) is 12.4 Å². The van der Waals surface area contributed by atoms with Gasteiger partial charge < -0.3 is 10.1 Å². The highest BCUT2D eigenvalue weighted by atomic mass is 32.2. The maximum atomic E-state index is 12.0. The van der Waals surface area contributed by atoms with Crippen molar-refractivity contribution in [2.75, 3.05) is 22.4 Å². The Labute approximate surface area is 124 Å². The molecule has 0 radical (unpaired) electrons. The second-order valence-corrected chi connectivity index (χ2v) is 7.60. The first-order valence-corrected chi connectivity index (χ1v) is 8.47. The van der Waals surface area contributed by atoms with E-state index in [-0.39, 0.29) is 18.3 Å². The summed E-state index contributed by atoms with van der Waals surface area (Å²) >= 11 is 0. The van der Waals surface area contributed by atoms with Crippen molar-refractivity contribution in [3.8, 4) is 5.75 Å². The average molecular weight is 312 g/mol. The lowest BCUT2D eigenvalue weighted by molar-refractivity contribution is -0.124. The van der Waals surface area contributed by atoms with Crippen LogP contribution in [0.4, 0.5) is 11.4 Å². The predicted octanol–water partition coefficient (Wildman–Crippen LogP) is 2.20. The van der Waals surface area contributed by atoms with Gasteiger partial charge in [0.25, 0.3) is 0 Å². The third-order valence-electron chi connectivity index (χ3n) is 3.18. The molecule has 116 valence electrons. The summed E-state index contributed by atoms with van der Waals surface area (Å²) in [7, 11) is -3.35. The van der Waals surface area contributed by atoms with Gasteiger partial charge in [0, 0.05) is 6.07 Å². The van der Waals surface area contributed by atoms with Gasteiger partial charge in [-0.25, -0.2) is 8.42 Å². The van der Waals surface area contributed by atoms with Crippen molar-refractivity contribution in [2.24, 2.45) is 5.41 Å². The normalized spacial score (nSPS) is 17.2. The van der Waals surface area contributed by atoms with Gasteiger partial charge in [0.2, 0.25) is 15.9 Å². The van der Waals surface area contributed by atoms with Crippen molar-refractivity contribution in [1.82, 2.24) is 0 Å². The second kappa shape index (κ2) is 5.55. The minimum absolute atomic E-state index is 0.0642. The van der Waals surface area contributed by atoms with Crippen LogP contribution >= 0.6 is 0 Å². The molecule has 1 amide bonds. The molecule has 0 spiro atoms. The molecule has 21 heavy (non-hydrogen) atoms. The number of fused-ring (bicyclic) bond motifs is 1. The number of ether oxygens (including phenoxy) is 1. The Morgan fingerprint density at radius 1 is 1.38 bits per heavy atom. The third kappa shape index (κ3) is 3.66. The number of anilines is 2. The first kappa shape index (κ1) is 15.6. The monoisotopic (exact) mass is 312 g/mol. The van der Waals surface area contributed by atoms with E-state index in [0.717, 1.165) is 0 Å². The Morgan fingerprint density at radius 3 is 2.76 bits per heavy atom. The summed E-state index contributed by atoms with van der Waals surface area (Å²) in [5, 5.41) is 2.79. The van der Waals surface area contributed by atoms with Gasteiger partial charge in [-0.15, -0.1) is 0 Å². The molecule has 0 fully saturated rings. The van der Waals surface area contributed by atoms with Crippen LogP contribution in [0.15, 0.2) is 18.2 Å². The van der Waals surface area contributed by atoms with Gasteiger partial charge in [-0.05, 0) is 32.4 Å². The average Bonchev–Trinajstić information content (AvgIpc) is 2.47. The first-order valence-electron chi connectivity index (χ1n) is 6.82. The standard InChI is InChI=1S/C14H20N2O4S/c1-4-7-21(18,19)16-10-5-6-11-12(8-10)20-9-14(2,3)13(17)15-11/h5-6,8,16H,4,7,9H2,1-3H3,(H,15,17). The predicted molar refractivity (Wildman–Crippen MR) is 82.0 cm³/mol. The highest BCUT2D eigenvalue weighted by Crippen LogP contribution is 2.34. The van der Waals surface area contributed by atoms with E-state index in [4.69, 9.17) is 4.74 Å². The number of nitrogens with one attached hydrogen (secondary N) is 2. The van der Waals surface area contributed by atoms with Crippen molar-refractivity contribution < 1.29 is 17.9 Å². The van der Waals surface area contributed by atoms with Gasteiger partial charge >= 0.3 is 0 Å². The number of hydrogen-bond donors (Lipinski definition) is 2. The summed E-state index contributed by atoms with van der Waals surface area (Å²) in [6.07, 6.45) is 0.543. The maximum absolute atomic E-state index is 12.0. The summed E-state index contributed by atoms with van der Waals surface area (Å²) in [6.45, 7) is 5.62. The van der Waals surface area contributed by atoms with Crippen LogP contribution in [0.5, 0.6) is 5.75 Å². The molecular weight excluding hydrogens is 292 g/mol. The van der Waals surface area contributed by atoms with E-state index in [0.29, 0.717) is 23.5 Å². The number of hydrogen-bond acceptors (Lipinski definition) is 4. The molecule has 1 aromatic carbocycles. The molecular formula is C14H20N2O4S. The van der Waals surface area contributed by atoms with Crippen molar-refractivity contribution in [1.29, 1.82) is 0 Å². The molecule has 0 bridgehead atoms. The SMILES string of the molecule is CCCS(=O)(=O)Nc1ccc2c(c1)OCC(C)(C)C(=O)N2. The Hall–Kier alpha value is -1.76. The lowest BCUT2D eigenvalue weighted by atomic mass is 9.94. The lowest BCUT2D eigenvalue weighted by Crippen LogP contribution is -2.33. The number of amides is 1. The molecule has 1 aromatic rings. The molecule has 2 rings (SSSR count). The van der Waals surface area contributed by atoms with E-state index in [1.807, 2.05) is 0 Å². The topological polar surface area (TPSA) is 84.5 Å². The van der Waals surface area contributed by atoms with E-state index in [9.17, 15) is 13.2 Å². The summed E-state index contributed by atoms with van der Waals surface area (Å²) in [6, 6.07) is 4.83. The molecule has 0 unspecified atom stereocenters. The van der Waals surface area contributed by atoms with Crippen molar-refractivity contribution >= 4 is 27.3 Å². The van der Waals surface area contributed by atoms with Crippen LogP contribution in [0.3, 0.4) is 0 Å². The zero-order chi connectivity index (χ0) is 15.7. The number of benzene rings is 1. The van der Waals surface area contributed by atoms with Gasteiger partial charge in [-0.3, -0.25) is 9.52 Å². The summed E-state index contributed by atoms with van der Waals surface area (Å²) < 4.78 is 31.7. The van der Waals surface area contributed by atoms with Gasteiger partial charge in [-0.1, -0.05) is 6.92 Å². The fraction of sp³-hybridized carbons (Fsp3) is 0.500. The molecule has 0 aliphatic carbocycles. The highest BCUT2D eigenvalue weighted by molar-refractivity contribution is 7.92. The zero-order valence-electron chi connectivity index (χ0n) is 12.4. The molecule has 1 aliphatic rings. The van der Waals surface area contributed by atoms with E-state index in [1.54, 1.807) is 39.0 Å². The fourth-order valence-corrected chi connectivity index (χ4v) is 3.05. The van der Waals surface area contributed by atoms with Crippen molar-refractivity contribution in [2.45, 2.75) is 27.2 Å². The van der Waals surface area contributed by atoms with Crippen LogP contribution in [0.1, 0.15) is 27.2 Å². The summed E-state index contributed by atoms with van der Waals surface area (Å²) in [5.41, 5.74) is 0.334. The highest BCUT2D eigenvalue weighted by Gasteiger charge is 2.32. The Balaban J connectivity index is 2.25.